The molecule has 2 fully saturated rings. The third-order valence-corrected chi connectivity index (χ3v) is 4.97. The fourth-order valence-corrected chi connectivity index (χ4v) is 3.93. The van der Waals surface area contributed by atoms with Crippen molar-refractivity contribution in [2.45, 2.75) is 39.0 Å². The first-order valence-electron chi connectivity index (χ1n) is 6.76. The lowest BCUT2D eigenvalue weighted by Gasteiger charge is -2.50. The first kappa shape index (κ1) is 11.6. The van der Waals surface area contributed by atoms with Gasteiger partial charge in [0.15, 0.2) is 0 Å². The van der Waals surface area contributed by atoms with Crippen molar-refractivity contribution in [1.29, 1.82) is 0 Å². The highest BCUT2D eigenvalue weighted by Gasteiger charge is 2.44. The van der Waals surface area contributed by atoms with Crippen molar-refractivity contribution in [1.82, 2.24) is 0 Å². The lowest BCUT2D eigenvalue weighted by molar-refractivity contribution is 0.221. The van der Waals surface area contributed by atoms with E-state index in [-0.39, 0.29) is 0 Å². The number of anilines is 1. The van der Waals surface area contributed by atoms with Crippen molar-refractivity contribution in [3.63, 3.8) is 0 Å². The molecule has 0 amide bonds. The standard InChI is InChI=1S/C15H20BrN/c1-2-12-9-13(16)5-6-14(12)17-10-15(11-17)7-3-4-8-15/h5-6,9H,2-4,7-8,10-11H2,1H3. The largest absolute Gasteiger partial charge is 0.370 e. The maximum Gasteiger partial charge on any atom is 0.0399 e. The number of nitrogens with zero attached hydrogens (tertiary/aromatic N) is 1. The topological polar surface area (TPSA) is 3.24 Å². The first-order chi connectivity index (χ1) is 8.22. The van der Waals surface area contributed by atoms with Gasteiger partial charge in [0.05, 0.1) is 0 Å². The number of hydrogen-bond acceptors (Lipinski definition) is 1. The molecule has 0 aromatic heterocycles. The Bertz CT molecular complexity index is 413. The van der Waals surface area contributed by atoms with Gasteiger partial charge >= 0.3 is 0 Å². The molecule has 1 saturated heterocycles. The molecule has 1 saturated carbocycles. The van der Waals surface area contributed by atoms with Gasteiger partial charge in [-0.05, 0) is 43.0 Å². The van der Waals surface area contributed by atoms with E-state index in [1.165, 1.54) is 54.5 Å². The van der Waals surface area contributed by atoms with Crippen LogP contribution in [0.2, 0.25) is 0 Å². The van der Waals surface area contributed by atoms with E-state index in [1.54, 1.807) is 0 Å². The second-order valence-corrected chi connectivity index (χ2v) is 6.61. The Kier molecular flexibility index (Phi) is 2.94. The van der Waals surface area contributed by atoms with Crippen LogP contribution in [0.15, 0.2) is 22.7 Å². The van der Waals surface area contributed by atoms with E-state index < -0.39 is 0 Å². The van der Waals surface area contributed by atoms with Crippen molar-refractivity contribution in [3.05, 3.63) is 28.2 Å². The molecule has 92 valence electrons. The molecule has 2 aliphatic rings. The molecule has 1 aromatic carbocycles. The van der Waals surface area contributed by atoms with Crippen LogP contribution < -0.4 is 4.90 Å². The Morgan fingerprint density at radius 3 is 2.59 bits per heavy atom. The van der Waals surface area contributed by atoms with Crippen LogP contribution in [-0.2, 0) is 6.42 Å². The molecule has 1 aliphatic carbocycles. The van der Waals surface area contributed by atoms with E-state index >= 15 is 0 Å². The second kappa shape index (κ2) is 4.31. The van der Waals surface area contributed by atoms with Crippen LogP contribution in [0.25, 0.3) is 0 Å². The number of rotatable bonds is 2. The van der Waals surface area contributed by atoms with E-state index in [4.69, 9.17) is 0 Å². The Morgan fingerprint density at radius 1 is 1.24 bits per heavy atom. The molecule has 17 heavy (non-hydrogen) atoms. The van der Waals surface area contributed by atoms with Crippen molar-refractivity contribution in [2.75, 3.05) is 18.0 Å². The molecule has 0 N–H and O–H groups in total. The normalized spacial score (nSPS) is 21.9. The zero-order valence-corrected chi connectivity index (χ0v) is 12.1. The van der Waals surface area contributed by atoms with E-state index in [1.807, 2.05) is 0 Å². The third-order valence-electron chi connectivity index (χ3n) is 4.48. The molecule has 1 spiro atoms. The average Bonchev–Trinajstić information content (AvgIpc) is 2.76. The Balaban J connectivity index is 1.78. The van der Waals surface area contributed by atoms with E-state index in [9.17, 15) is 0 Å². The number of aryl methyl sites for hydroxylation is 1. The predicted octanol–water partition coefficient (Wildman–Crippen LogP) is 4.39. The highest BCUT2D eigenvalue weighted by atomic mass is 79.9. The Hall–Kier alpha value is -0.500. The SMILES string of the molecule is CCc1cc(Br)ccc1N1CC2(CCCC2)C1. The third kappa shape index (κ3) is 2.01. The summed E-state index contributed by atoms with van der Waals surface area (Å²) in [4.78, 5) is 2.58. The number of benzene rings is 1. The summed E-state index contributed by atoms with van der Waals surface area (Å²) >= 11 is 3.57. The Labute approximate surface area is 112 Å². The van der Waals surface area contributed by atoms with Gasteiger partial charge in [0.2, 0.25) is 0 Å². The molecule has 0 radical (unpaired) electrons. The van der Waals surface area contributed by atoms with Crippen LogP contribution >= 0.6 is 15.9 Å². The molecular weight excluding hydrogens is 274 g/mol. The van der Waals surface area contributed by atoms with E-state index in [2.05, 4.69) is 46.0 Å². The highest BCUT2D eigenvalue weighted by molar-refractivity contribution is 9.10. The summed E-state index contributed by atoms with van der Waals surface area (Å²) in [5.41, 5.74) is 3.64. The van der Waals surface area contributed by atoms with Crippen molar-refractivity contribution in [2.24, 2.45) is 5.41 Å². The summed E-state index contributed by atoms with van der Waals surface area (Å²) in [5, 5.41) is 0. The minimum absolute atomic E-state index is 0.693. The van der Waals surface area contributed by atoms with Gasteiger partial charge in [-0.2, -0.15) is 0 Å². The average molecular weight is 294 g/mol. The summed E-state index contributed by atoms with van der Waals surface area (Å²) in [6.07, 6.45) is 6.95. The summed E-state index contributed by atoms with van der Waals surface area (Å²) in [6, 6.07) is 6.73. The molecule has 1 aromatic rings. The van der Waals surface area contributed by atoms with Crippen molar-refractivity contribution >= 4 is 21.6 Å². The van der Waals surface area contributed by atoms with Crippen LogP contribution in [-0.4, -0.2) is 13.1 Å². The quantitative estimate of drug-likeness (QED) is 0.782. The molecule has 2 heteroatoms. The van der Waals surface area contributed by atoms with E-state index in [0.717, 1.165) is 6.42 Å². The fraction of sp³-hybridized carbons (Fsp3) is 0.600. The van der Waals surface area contributed by atoms with Crippen LogP contribution in [0.3, 0.4) is 0 Å². The number of halogens is 1. The summed E-state index contributed by atoms with van der Waals surface area (Å²) in [7, 11) is 0. The molecule has 3 rings (SSSR count). The molecule has 1 nitrogen and oxygen atoms in total. The van der Waals surface area contributed by atoms with Crippen LogP contribution in [0.4, 0.5) is 5.69 Å². The molecule has 1 aliphatic heterocycles. The lowest BCUT2D eigenvalue weighted by atomic mass is 9.77. The molecular formula is C15H20BrN. The van der Waals surface area contributed by atoms with Crippen LogP contribution in [0.5, 0.6) is 0 Å². The molecule has 0 atom stereocenters. The van der Waals surface area contributed by atoms with Crippen LogP contribution in [0, 0.1) is 5.41 Å². The minimum atomic E-state index is 0.693. The molecule has 1 heterocycles. The maximum absolute atomic E-state index is 3.57. The smallest absolute Gasteiger partial charge is 0.0399 e. The van der Waals surface area contributed by atoms with Gasteiger partial charge in [0.1, 0.15) is 0 Å². The molecule has 0 bridgehead atoms. The number of hydrogen-bond donors (Lipinski definition) is 0. The fourth-order valence-electron chi connectivity index (χ4n) is 3.52. The minimum Gasteiger partial charge on any atom is -0.370 e. The molecule has 0 unspecified atom stereocenters. The van der Waals surface area contributed by atoms with Crippen molar-refractivity contribution in [3.8, 4) is 0 Å². The van der Waals surface area contributed by atoms with Crippen LogP contribution in [0.1, 0.15) is 38.2 Å². The predicted molar refractivity (Wildman–Crippen MR) is 76.6 cm³/mol. The van der Waals surface area contributed by atoms with Gasteiger partial charge in [-0.25, -0.2) is 0 Å². The van der Waals surface area contributed by atoms with Gasteiger partial charge in [-0.3, -0.25) is 0 Å². The summed E-state index contributed by atoms with van der Waals surface area (Å²) in [6.45, 7) is 4.83. The zero-order chi connectivity index (χ0) is 11.9. The monoisotopic (exact) mass is 293 g/mol. The highest BCUT2D eigenvalue weighted by Crippen LogP contribution is 2.47. The van der Waals surface area contributed by atoms with Gasteiger partial charge in [0.25, 0.3) is 0 Å². The first-order valence-corrected chi connectivity index (χ1v) is 7.55. The maximum atomic E-state index is 3.57. The summed E-state index contributed by atoms with van der Waals surface area (Å²) in [5.74, 6) is 0. The lowest BCUT2D eigenvalue weighted by Crippen LogP contribution is -2.55. The van der Waals surface area contributed by atoms with Gasteiger partial charge in [0, 0.05) is 28.7 Å². The second-order valence-electron chi connectivity index (χ2n) is 5.69. The van der Waals surface area contributed by atoms with Gasteiger partial charge in [-0.1, -0.05) is 35.7 Å². The van der Waals surface area contributed by atoms with E-state index in [0.29, 0.717) is 5.41 Å². The van der Waals surface area contributed by atoms with Gasteiger partial charge in [-0.15, -0.1) is 0 Å². The Morgan fingerprint density at radius 2 is 1.94 bits per heavy atom. The van der Waals surface area contributed by atoms with Gasteiger partial charge < -0.3 is 4.90 Å². The summed E-state index contributed by atoms with van der Waals surface area (Å²) < 4.78 is 1.20. The zero-order valence-electron chi connectivity index (χ0n) is 10.5. The van der Waals surface area contributed by atoms with Crippen molar-refractivity contribution < 1.29 is 0 Å².